The predicted octanol–water partition coefficient (Wildman–Crippen LogP) is 1.16. The highest BCUT2D eigenvalue weighted by molar-refractivity contribution is 5.96. The summed E-state index contributed by atoms with van der Waals surface area (Å²) in [5.41, 5.74) is 9.43. The summed E-state index contributed by atoms with van der Waals surface area (Å²) in [5, 5.41) is 4.39. The van der Waals surface area contributed by atoms with Crippen LogP contribution >= 0.6 is 0 Å². The fraction of sp³-hybridized carbons (Fsp3) is 0.333. The van der Waals surface area contributed by atoms with Crippen LogP contribution in [0.4, 0.5) is 23.7 Å². The molecule has 0 aliphatic carbocycles. The van der Waals surface area contributed by atoms with Gasteiger partial charge >= 0.3 is 12.2 Å². The minimum Gasteiger partial charge on any atom is -0.352 e. The minimum atomic E-state index is -4.55. The van der Waals surface area contributed by atoms with Crippen LogP contribution < -0.4 is 22.1 Å². The molecule has 0 aliphatic rings. The summed E-state index contributed by atoms with van der Waals surface area (Å²) in [4.78, 5) is 22.3. The molecule has 0 bridgehead atoms. The summed E-state index contributed by atoms with van der Waals surface area (Å²) in [6, 6.07) is 1.11. The molecular weight excluding hydrogens is 289 g/mol. The third-order valence-corrected chi connectivity index (χ3v) is 2.58. The second kappa shape index (κ2) is 6.44. The summed E-state index contributed by atoms with van der Waals surface area (Å²) >= 11 is 0. The highest BCUT2D eigenvalue weighted by Crippen LogP contribution is 2.32. The molecule has 9 heteroatoms. The molecule has 21 heavy (non-hydrogen) atoms. The van der Waals surface area contributed by atoms with Crippen molar-refractivity contribution in [3.8, 4) is 0 Å². The van der Waals surface area contributed by atoms with E-state index in [0.29, 0.717) is 0 Å². The first-order valence-corrected chi connectivity index (χ1v) is 5.91. The molecule has 0 saturated heterocycles. The van der Waals surface area contributed by atoms with Gasteiger partial charge in [0, 0.05) is 12.2 Å². The number of rotatable bonds is 4. The number of hydrogen-bond donors (Lipinski definition) is 4. The van der Waals surface area contributed by atoms with Gasteiger partial charge in [0.1, 0.15) is 6.04 Å². The van der Waals surface area contributed by atoms with Gasteiger partial charge in [-0.15, -0.1) is 0 Å². The standard InChI is InChI=1S/C12H15F3N4O2/c1-6(18-11(17)21)10(20)19-9-3-7(5-16)2-8(4-9)12(13,14)15/h2-4,6H,5,16H2,1H3,(H,19,20)(H3,17,18,21). The zero-order valence-electron chi connectivity index (χ0n) is 11.1. The first-order chi connectivity index (χ1) is 9.63. The van der Waals surface area contributed by atoms with Gasteiger partial charge in [0.05, 0.1) is 5.56 Å². The molecule has 1 rings (SSSR count). The third kappa shape index (κ3) is 4.95. The van der Waals surface area contributed by atoms with Gasteiger partial charge in [-0.1, -0.05) is 0 Å². The van der Waals surface area contributed by atoms with Crippen molar-refractivity contribution in [1.29, 1.82) is 0 Å². The Hall–Kier alpha value is -2.29. The number of nitrogens with one attached hydrogen (secondary N) is 2. The summed E-state index contributed by atoms with van der Waals surface area (Å²) in [5.74, 6) is -0.698. The predicted molar refractivity (Wildman–Crippen MR) is 70.1 cm³/mol. The van der Waals surface area contributed by atoms with Crippen LogP contribution in [0.3, 0.4) is 0 Å². The monoisotopic (exact) mass is 304 g/mol. The lowest BCUT2D eigenvalue weighted by Crippen LogP contribution is -2.44. The zero-order valence-corrected chi connectivity index (χ0v) is 11.1. The van der Waals surface area contributed by atoms with Crippen LogP contribution in [0, 0.1) is 0 Å². The van der Waals surface area contributed by atoms with Gasteiger partial charge in [0.15, 0.2) is 0 Å². The molecule has 0 radical (unpaired) electrons. The lowest BCUT2D eigenvalue weighted by atomic mass is 10.1. The van der Waals surface area contributed by atoms with Crippen LogP contribution in [-0.2, 0) is 17.5 Å². The average Bonchev–Trinajstić information content (AvgIpc) is 2.36. The minimum absolute atomic E-state index is 0.0617. The van der Waals surface area contributed by atoms with Crippen LogP contribution in [0.15, 0.2) is 18.2 Å². The molecule has 0 saturated carbocycles. The average molecular weight is 304 g/mol. The molecule has 0 aliphatic heterocycles. The maximum Gasteiger partial charge on any atom is 0.416 e. The van der Waals surface area contributed by atoms with E-state index in [2.05, 4.69) is 10.6 Å². The number of primary amides is 1. The number of anilines is 1. The van der Waals surface area contributed by atoms with E-state index in [9.17, 15) is 22.8 Å². The van der Waals surface area contributed by atoms with Gasteiger partial charge < -0.3 is 22.1 Å². The van der Waals surface area contributed by atoms with E-state index in [1.807, 2.05) is 0 Å². The van der Waals surface area contributed by atoms with E-state index in [4.69, 9.17) is 11.5 Å². The number of carbonyl (C=O) groups is 2. The van der Waals surface area contributed by atoms with Gasteiger partial charge in [0.25, 0.3) is 0 Å². The van der Waals surface area contributed by atoms with Gasteiger partial charge in [0.2, 0.25) is 5.91 Å². The second-order valence-electron chi connectivity index (χ2n) is 4.34. The van der Waals surface area contributed by atoms with Crippen LogP contribution in [-0.4, -0.2) is 18.0 Å². The second-order valence-corrected chi connectivity index (χ2v) is 4.34. The van der Waals surface area contributed by atoms with E-state index in [1.165, 1.54) is 13.0 Å². The van der Waals surface area contributed by atoms with Gasteiger partial charge in [-0.05, 0) is 30.7 Å². The largest absolute Gasteiger partial charge is 0.416 e. The fourth-order valence-corrected chi connectivity index (χ4v) is 1.58. The quantitative estimate of drug-likeness (QED) is 0.670. The highest BCUT2D eigenvalue weighted by atomic mass is 19.4. The summed E-state index contributed by atoms with van der Waals surface area (Å²) in [7, 11) is 0. The zero-order chi connectivity index (χ0) is 16.2. The van der Waals surface area contributed by atoms with E-state index in [0.717, 1.165) is 12.1 Å². The van der Waals surface area contributed by atoms with E-state index in [1.54, 1.807) is 0 Å². The van der Waals surface area contributed by atoms with Crippen LogP contribution in [0.1, 0.15) is 18.1 Å². The maximum atomic E-state index is 12.7. The Labute approximate surface area is 118 Å². The SMILES string of the molecule is CC(NC(N)=O)C(=O)Nc1cc(CN)cc(C(F)(F)F)c1. The number of carbonyl (C=O) groups excluding carboxylic acids is 2. The molecule has 0 fully saturated rings. The third-order valence-electron chi connectivity index (χ3n) is 2.58. The van der Waals surface area contributed by atoms with Crippen molar-refractivity contribution in [3.63, 3.8) is 0 Å². The molecule has 1 aromatic carbocycles. The topological polar surface area (TPSA) is 110 Å². The highest BCUT2D eigenvalue weighted by Gasteiger charge is 2.31. The van der Waals surface area contributed by atoms with Gasteiger partial charge in [-0.2, -0.15) is 13.2 Å². The molecule has 6 N–H and O–H groups in total. The molecule has 0 aromatic heterocycles. The van der Waals surface area contributed by atoms with Gasteiger partial charge in [-0.3, -0.25) is 4.79 Å². The van der Waals surface area contributed by atoms with Crippen molar-refractivity contribution in [2.45, 2.75) is 25.7 Å². The van der Waals surface area contributed by atoms with Crippen molar-refractivity contribution in [2.24, 2.45) is 11.5 Å². The van der Waals surface area contributed by atoms with Crippen molar-refractivity contribution in [1.82, 2.24) is 5.32 Å². The normalized spacial score (nSPS) is 12.6. The van der Waals surface area contributed by atoms with Crippen LogP contribution in [0.25, 0.3) is 0 Å². The maximum absolute atomic E-state index is 12.7. The Balaban J connectivity index is 2.97. The molecule has 1 atom stereocenters. The fourth-order valence-electron chi connectivity index (χ4n) is 1.58. The number of amides is 3. The Bertz CT molecular complexity index is 546. The number of benzene rings is 1. The first kappa shape index (κ1) is 16.8. The number of halogens is 3. The first-order valence-electron chi connectivity index (χ1n) is 5.91. The number of hydrogen-bond acceptors (Lipinski definition) is 3. The Morgan fingerprint density at radius 2 is 1.90 bits per heavy atom. The van der Waals surface area contributed by atoms with Gasteiger partial charge in [-0.25, -0.2) is 4.79 Å². The molecule has 1 unspecified atom stereocenters. The van der Waals surface area contributed by atoms with Crippen molar-refractivity contribution in [2.75, 3.05) is 5.32 Å². The van der Waals surface area contributed by atoms with Crippen molar-refractivity contribution >= 4 is 17.6 Å². The number of nitrogens with two attached hydrogens (primary N) is 2. The lowest BCUT2D eigenvalue weighted by molar-refractivity contribution is -0.137. The van der Waals surface area contributed by atoms with Crippen molar-refractivity contribution in [3.05, 3.63) is 29.3 Å². The molecular formula is C12H15F3N4O2. The smallest absolute Gasteiger partial charge is 0.352 e. The number of alkyl halides is 3. The van der Waals surface area contributed by atoms with E-state index < -0.39 is 29.7 Å². The molecule has 0 spiro atoms. The molecule has 1 aromatic rings. The Morgan fingerprint density at radius 1 is 1.29 bits per heavy atom. The van der Waals surface area contributed by atoms with E-state index >= 15 is 0 Å². The summed E-state index contributed by atoms with van der Waals surface area (Å²) < 4.78 is 38.2. The van der Waals surface area contributed by atoms with E-state index in [-0.39, 0.29) is 17.8 Å². The molecule has 0 heterocycles. The summed E-state index contributed by atoms with van der Waals surface area (Å²) in [6.45, 7) is 1.24. The molecule has 6 nitrogen and oxygen atoms in total. The molecule has 3 amide bonds. The summed E-state index contributed by atoms with van der Waals surface area (Å²) in [6.07, 6.45) is -4.55. The Kier molecular flexibility index (Phi) is 5.14. The number of urea groups is 1. The lowest BCUT2D eigenvalue weighted by Gasteiger charge is -2.15. The van der Waals surface area contributed by atoms with Crippen molar-refractivity contribution < 1.29 is 22.8 Å². The van der Waals surface area contributed by atoms with Crippen LogP contribution in [0.5, 0.6) is 0 Å². The molecule has 116 valence electrons. The van der Waals surface area contributed by atoms with Crippen LogP contribution in [0.2, 0.25) is 0 Å². The Morgan fingerprint density at radius 3 is 2.38 bits per heavy atom.